The van der Waals surface area contributed by atoms with Crippen molar-refractivity contribution in [2.75, 3.05) is 12.3 Å². The summed E-state index contributed by atoms with van der Waals surface area (Å²) in [4.78, 5) is 11.8. The van der Waals surface area contributed by atoms with Gasteiger partial charge in [-0.25, -0.2) is 0 Å². The predicted octanol–water partition coefficient (Wildman–Crippen LogP) is 1.72. The van der Waals surface area contributed by atoms with E-state index >= 15 is 0 Å². The fourth-order valence-corrected chi connectivity index (χ4v) is 2.19. The third-order valence-corrected chi connectivity index (χ3v) is 2.83. The van der Waals surface area contributed by atoms with Gasteiger partial charge >= 0.3 is 0 Å². The van der Waals surface area contributed by atoms with Gasteiger partial charge < -0.3 is 16.2 Å². The van der Waals surface area contributed by atoms with Gasteiger partial charge in [0.25, 0.3) is 0 Å². The Kier molecular flexibility index (Phi) is 5.36. The van der Waals surface area contributed by atoms with Crippen LogP contribution in [0.3, 0.4) is 0 Å². The summed E-state index contributed by atoms with van der Waals surface area (Å²) in [5.41, 5.74) is 6.33. The number of nitrogen functional groups attached to an aromatic ring is 1. The molecule has 0 aliphatic heterocycles. The molecule has 0 saturated heterocycles. The first kappa shape index (κ1) is 15.5. The number of amides is 1. The molecule has 0 saturated carbocycles. The molecule has 0 bridgehead atoms. The highest BCUT2D eigenvalue weighted by molar-refractivity contribution is 5.78. The van der Waals surface area contributed by atoms with Gasteiger partial charge in [-0.3, -0.25) is 4.79 Å². The third kappa shape index (κ3) is 6.25. The Morgan fingerprint density at radius 3 is 2.74 bits per heavy atom. The number of hydrogen-bond donors (Lipinski definition) is 3. The standard InChI is InChI=1S/C15H24N2O2/c1-11(2)9-15(3,19)10-17-14(18)8-12-5-4-6-13(16)7-12/h4-7,11,19H,8-10,16H2,1-3H3,(H,17,18). The Morgan fingerprint density at radius 1 is 1.47 bits per heavy atom. The molecule has 0 spiro atoms. The molecule has 4 nitrogen and oxygen atoms in total. The monoisotopic (exact) mass is 264 g/mol. The third-order valence-electron chi connectivity index (χ3n) is 2.83. The number of nitrogens with one attached hydrogen (secondary N) is 1. The minimum Gasteiger partial charge on any atom is -0.399 e. The Bertz CT molecular complexity index is 428. The summed E-state index contributed by atoms with van der Waals surface area (Å²) in [5.74, 6) is 0.287. The van der Waals surface area contributed by atoms with Crippen molar-refractivity contribution in [3.63, 3.8) is 0 Å². The summed E-state index contributed by atoms with van der Waals surface area (Å²) in [6.45, 7) is 6.10. The van der Waals surface area contributed by atoms with Crippen LogP contribution in [0.5, 0.6) is 0 Å². The van der Waals surface area contributed by atoms with Crippen molar-refractivity contribution in [3.8, 4) is 0 Å². The van der Waals surface area contributed by atoms with E-state index in [1.807, 2.05) is 26.0 Å². The number of aliphatic hydroxyl groups is 1. The fraction of sp³-hybridized carbons (Fsp3) is 0.533. The van der Waals surface area contributed by atoms with Crippen LogP contribution in [0.2, 0.25) is 0 Å². The topological polar surface area (TPSA) is 75.3 Å². The predicted molar refractivity (Wildman–Crippen MR) is 77.6 cm³/mol. The molecule has 1 unspecified atom stereocenters. The van der Waals surface area contributed by atoms with Gasteiger partial charge in [0, 0.05) is 12.2 Å². The second-order valence-electron chi connectivity index (χ2n) is 5.79. The summed E-state index contributed by atoms with van der Waals surface area (Å²) < 4.78 is 0. The summed E-state index contributed by atoms with van der Waals surface area (Å²) in [5, 5.41) is 12.9. The van der Waals surface area contributed by atoms with Gasteiger partial charge in [-0.2, -0.15) is 0 Å². The minimum absolute atomic E-state index is 0.102. The summed E-state index contributed by atoms with van der Waals surface area (Å²) in [6.07, 6.45) is 0.939. The van der Waals surface area contributed by atoms with Crippen LogP contribution in [0.1, 0.15) is 32.8 Å². The Morgan fingerprint density at radius 2 is 2.16 bits per heavy atom. The lowest BCUT2D eigenvalue weighted by Gasteiger charge is -2.25. The molecule has 106 valence electrons. The highest BCUT2D eigenvalue weighted by Crippen LogP contribution is 2.15. The quantitative estimate of drug-likeness (QED) is 0.685. The van der Waals surface area contributed by atoms with E-state index < -0.39 is 5.60 Å². The maximum absolute atomic E-state index is 11.8. The van der Waals surface area contributed by atoms with Crippen molar-refractivity contribution < 1.29 is 9.90 Å². The first-order valence-electron chi connectivity index (χ1n) is 6.62. The largest absolute Gasteiger partial charge is 0.399 e. The zero-order valence-corrected chi connectivity index (χ0v) is 11.9. The van der Waals surface area contributed by atoms with E-state index in [4.69, 9.17) is 5.73 Å². The number of carbonyl (C=O) groups excluding carboxylic acids is 1. The summed E-state index contributed by atoms with van der Waals surface area (Å²) in [6, 6.07) is 7.26. The lowest BCUT2D eigenvalue weighted by Crippen LogP contribution is -2.42. The number of benzene rings is 1. The number of carbonyl (C=O) groups is 1. The molecule has 1 rings (SSSR count). The van der Waals surface area contributed by atoms with Crippen LogP contribution >= 0.6 is 0 Å². The summed E-state index contributed by atoms with van der Waals surface area (Å²) >= 11 is 0. The Labute approximate surface area is 115 Å². The van der Waals surface area contributed by atoms with Gasteiger partial charge in [-0.05, 0) is 37.0 Å². The van der Waals surface area contributed by atoms with Crippen LogP contribution in [0, 0.1) is 5.92 Å². The van der Waals surface area contributed by atoms with E-state index in [1.165, 1.54) is 0 Å². The van der Waals surface area contributed by atoms with Crippen molar-refractivity contribution in [2.45, 2.75) is 39.2 Å². The van der Waals surface area contributed by atoms with E-state index in [9.17, 15) is 9.90 Å². The van der Waals surface area contributed by atoms with Crippen LogP contribution < -0.4 is 11.1 Å². The van der Waals surface area contributed by atoms with E-state index in [2.05, 4.69) is 5.32 Å². The molecule has 4 N–H and O–H groups in total. The highest BCUT2D eigenvalue weighted by Gasteiger charge is 2.22. The van der Waals surface area contributed by atoms with E-state index in [0.717, 1.165) is 5.56 Å². The first-order chi connectivity index (χ1) is 8.78. The molecule has 0 heterocycles. The fourth-order valence-electron chi connectivity index (χ4n) is 2.19. The number of hydrogen-bond acceptors (Lipinski definition) is 3. The highest BCUT2D eigenvalue weighted by atomic mass is 16.3. The minimum atomic E-state index is -0.862. The lowest BCUT2D eigenvalue weighted by molar-refractivity contribution is -0.121. The van der Waals surface area contributed by atoms with Crippen LogP contribution in [0.4, 0.5) is 5.69 Å². The molecule has 1 amide bonds. The molecule has 19 heavy (non-hydrogen) atoms. The second-order valence-corrected chi connectivity index (χ2v) is 5.79. The van der Waals surface area contributed by atoms with Crippen molar-refractivity contribution >= 4 is 11.6 Å². The van der Waals surface area contributed by atoms with Crippen molar-refractivity contribution in [1.29, 1.82) is 0 Å². The molecule has 1 aromatic rings. The van der Waals surface area contributed by atoms with Gasteiger partial charge in [0.15, 0.2) is 0 Å². The van der Waals surface area contributed by atoms with E-state index in [0.29, 0.717) is 18.0 Å². The van der Waals surface area contributed by atoms with Crippen molar-refractivity contribution in [1.82, 2.24) is 5.32 Å². The van der Waals surface area contributed by atoms with Crippen LogP contribution in [-0.2, 0) is 11.2 Å². The summed E-state index contributed by atoms with van der Waals surface area (Å²) in [7, 11) is 0. The molecule has 0 fully saturated rings. The molecule has 1 aromatic carbocycles. The lowest BCUT2D eigenvalue weighted by atomic mass is 9.94. The van der Waals surface area contributed by atoms with Gasteiger partial charge in [-0.15, -0.1) is 0 Å². The second kappa shape index (κ2) is 6.57. The maximum Gasteiger partial charge on any atom is 0.224 e. The van der Waals surface area contributed by atoms with E-state index in [1.54, 1.807) is 19.1 Å². The van der Waals surface area contributed by atoms with Gasteiger partial charge in [0.2, 0.25) is 5.91 Å². The molecule has 1 atom stereocenters. The molecule has 0 aromatic heterocycles. The Hall–Kier alpha value is -1.55. The number of rotatable bonds is 6. The van der Waals surface area contributed by atoms with Gasteiger partial charge in [0.1, 0.15) is 0 Å². The van der Waals surface area contributed by atoms with Crippen LogP contribution in [0.15, 0.2) is 24.3 Å². The molecular formula is C15H24N2O2. The average Bonchev–Trinajstić information content (AvgIpc) is 2.25. The molecule has 0 aliphatic rings. The van der Waals surface area contributed by atoms with Crippen molar-refractivity contribution in [2.24, 2.45) is 5.92 Å². The van der Waals surface area contributed by atoms with Crippen LogP contribution in [0.25, 0.3) is 0 Å². The normalized spacial score (nSPS) is 14.2. The number of nitrogens with two attached hydrogens (primary N) is 1. The Balaban J connectivity index is 2.44. The zero-order valence-electron chi connectivity index (χ0n) is 11.9. The molecule has 0 radical (unpaired) electrons. The molecular weight excluding hydrogens is 240 g/mol. The first-order valence-corrected chi connectivity index (χ1v) is 6.62. The number of anilines is 1. The van der Waals surface area contributed by atoms with Crippen LogP contribution in [-0.4, -0.2) is 23.2 Å². The molecule has 0 aliphatic carbocycles. The molecule has 4 heteroatoms. The van der Waals surface area contributed by atoms with E-state index in [-0.39, 0.29) is 18.9 Å². The SMILES string of the molecule is CC(C)CC(C)(O)CNC(=O)Cc1cccc(N)c1. The zero-order chi connectivity index (χ0) is 14.5. The average molecular weight is 264 g/mol. The van der Waals surface area contributed by atoms with Crippen molar-refractivity contribution in [3.05, 3.63) is 29.8 Å². The van der Waals surface area contributed by atoms with Gasteiger partial charge in [-0.1, -0.05) is 26.0 Å². The van der Waals surface area contributed by atoms with Gasteiger partial charge in [0.05, 0.1) is 12.0 Å². The smallest absolute Gasteiger partial charge is 0.224 e. The maximum atomic E-state index is 11.8.